The lowest BCUT2D eigenvalue weighted by Gasteiger charge is -2.36. The lowest BCUT2D eigenvalue weighted by Crippen LogP contribution is -2.52. The van der Waals surface area contributed by atoms with Crippen LogP contribution in [0.2, 0.25) is 0 Å². The Bertz CT molecular complexity index is 568. The van der Waals surface area contributed by atoms with E-state index in [0.29, 0.717) is 39.3 Å². The first kappa shape index (κ1) is 14.7. The number of carbonyl (C=O) groups is 2. The van der Waals surface area contributed by atoms with Crippen LogP contribution in [0, 0.1) is 0 Å². The van der Waals surface area contributed by atoms with E-state index in [-0.39, 0.29) is 11.8 Å². The molecule has 0 spiro atoms. The molecule has 2 aliphatic rings. The van der Waals surface area contributed by atoms with Crippen molar-refractivity contribution in [2.24, 2.45) is 0 Å². The first-order valence-corrected chi connectivity index (χ1v) is 7.65. The molecule has 3 rings (SSSR count). The van der Waals surface area contributed by atoms with Crippen molar-refractivity contribution in [3.63, 3.8) is 0 Å². The molecule has 2 amide bonds. The highest BCUT2D eigenvalue weighted by atomic mass is 16.5. The molecular weight excluding hydrogens is 282 g/mol. The van der Waals surface area contributed by atoms with Gasteiger partial charge in [-0.15, -0.1) is 0 Å². The summed E-state index contributed by atoms with van der Waals surface area (Å²) in [5, 5.41) is 0. The number of benzene rings is 1. The molecule has 0 radical (unpaired) electrons. The van der Waals surface area contributed by atoms with Crippen molar-refractivity contribution in [3.05, 3.63) is 24.3 Å². The first-order valence-electron chi connectivity index (χ1n) is 7.65. The molecule has 2 heterocycles. The summed E-state index contributed by atoms with van der Waals surface area (Å²) in [7, 11) is 0. The van der Waals surface area contributed by atoms with E-state index in [9.17, 15) is 9.59 Å². The van der Waals surface area contributed by atoms with Crippen LogP contribution in [0.15, 0.2) is 24.3 Å². The van der Waals surface area contributed by atoms with Crippen molar-refractivity contribution < 1.29 is 14.3 Å². The minimum atomic E-state index is 0.0780. The van der Waals surface area contributed by atoms with E-state index >= 15 is 0 Å². The van der Waals surface area contributed by atoms with E-state index in [2.05, 4.69) is 4.90 Å². The Labute approximate surface area is 130 Å². The zero-order valence-corrected chi connectivity index (χ0v) is 12.8. The van der Waals surface area contributed by atoms with Gasteiger partial charge in [0.25, 0.3) is 0 Å². The number of para-hydroxylation sites is 2. The van der Waals surface area contributed by atoms with E-state index in [1.807, 2.05) is 29.2 Å². The van der Waals surface area contributed by atoms with Gasteiger partial charge in [-0.25, -0.2) is 0 Å². The molecule has 0 saturated carbocycles. The number of piperazine rings is 1. The van der Waals surface area contributed by atoms with Crippen LogP contribution >= 0.6 is 0 Å². The Morgan fingerprint density at radius 2 is 1.73 bits per heavy atom. The zero-order valence-electron chi connectivity index (χ0n) is 12.8. The maximum absolute atomic E-state index is 12.5. The van der Waals surface area contributed by atoms with Crippen molar-refractivity contribution >= 4 is 17.5 Å². The molecule has 0 atom stereocenters. The Balaban J connectivity index is 1.60. The standard InChI is InChI=1S/C16H21N3O3/c1-13(20)17-6-8-18(9-7-17)16(21)12-19-10-11-22-15-5-3-2-4-14(15)19/h2-5H,6-12H2,1H3. The zero-order chi connectivity index (χ0) is 15.5. The quantitative estimate of drug-likeness (QED) is 0.802. The Hall–Kier alpha value is -2.24. The van der Waals surface area contributed by atoms with Gasteiger partial charge in [0, 0.05) is 33.1 Å². The van der Waals surface area contributed by atoms with Crippen molar-refractivity contribution in [2.45, 2.75) is 6.92 Å². The van der Waals surface area contributed by atoms with Gasteiger partial charge in [0.05, 0.1) is 18.8 Å². The third kappa shape index (κ3) is 3.00. The van der Waals surface area contributed by atoms with Crippen molar-refractivity contribution in [2.75, 3.05) is 50.8 Å². The van der Waals surface area contributed by atoms with E-state index in [4.69, 9.17) is 4.74 Å². The fourth-order valence-electron chi connectivity index (χ4n) is 2.92. The molecule has 0 aliphatic carbocycles. The smallest absolute Gasteiger partial charge is 0.242 e. The minimum absolute atomic E-state index is 0.0780. The second-order valence-electron chi connectivity index (χ2n) is 5.62. The molecule has 1 saturated heterocycles. The minimum Gasteiger partial charge on any atom is -0.490 e. The molecule has 0 unspecified atom stereocenters. The summed E-state index contributed by atoms with van der Waals surface area (Å²) in [5.74, 6) is 1.03. The van der Waals surface area contributed by atoms with E-state index < -0.39 is 0 Å². The summed E-state index contributed by atoms with van der Waals surface area (Å²) in [6.45, 7) is 5.73. The number of fused-ring (bicyclic) bond motifs is 1. The molecular formula is C16H21N3O3. The summed E-state index contributed by atoms with van der Waals surface area (Å²) >= 11 is 0. The van der Waals surface area contributed by atoms with Gasteiger partial charge in [-0.3, -0.25) is 9.59 Å². The van der Waals surface area contributed by atoms with Gasteiger partial charge in [0.2, 0.25) is 11.8 Å². The molecule has 0 aromatic heterocycles. The van der Waals surface area contributed by atoms with Crippen LogP contribution < -0.4 is 9.64 Å². The molecule has 0 N–H and O–H groups in total. The normalized spacial score (nSPS) is 17.8. The van der Waals surface area contributed by atoms with E-state index in [1.165, 1.54) is 0 Å². The number of amides is 2. The number of rotatable bonds is 2. The van der Waals surface area contributed by atoms with Crippen molar-refractivity contribution in [1.29, 1.82) is 0 Å². The van der Waals surface area contributed by atoms with Crippen LogP contribution in [0.1, 0.15) is 6.92 Å². The molecule has 0 bridgehead atoms. The maximum atomic E-state index is 12.5. The van der Waals surface area contributed by atoms with Crippen LogP contribution in [0.3, 0.4) is 0 Å². The molecule has 6 heteroatoms. The largest absolute Gasteiger partial charge is 0.490 e. The topological polar surface area (TPSA) is 53.1 Å². The Kier molecular flexibility index (Phi) is 4.18. The number of ether oxygens (including phenoxy) is 1. The number of nitrogens with zero attached hydrogens (tertiary/aromatic N) is 3. The predicted octanol–water partition coefficient (Wildman–Crippen LogP) is 0.576. The highest BCUT2D eigenvalue weighted by Gasteiger charge is 2.25. The highest BCUT2D eigenvalue weighted by Crippen LogP contribution is 2.30. The van der Waals surface area contributed by atoms with Crippen molar-refractivity contribution in [3.8, 4) is 5.75 Å². The lowest BCUT2D eigenvalue weighted by molar-refractivity contribution is -0.137. The van der Waals surface area contributed by atoms with Gasteiger partial charge in [0.1, 0.15) is 12.4 Å². The summed E-state index contributed by atoms with van der Waals surface area (Å²) in [6.07, 6.45) is 0. The van der Waals surface area contributed by atoms with Crippen molar-refractivity contribution in [1.82, 2.24) is 9.80 Å². The third-order valence-electron chi connectivity index (χ3n) is 4.23. The van der Waals surface area contributed by atoms with Gasteiger partial charge >= 0.3 is 0 Å². The third-order valence-corrected chi connectivity index (χ3v) is 4.23. The van der Waals surface area contributed by atoms with Gasteiger partial charge in [0.15, 0.2) is 0 Å². The number of hydrogen-bond donors (Lipinski definition) is 0. The average molecular weight is 303 g/mol. The Morgan fingerprint density at radius 3 is 2.45 bits per heavy atom. The SMILES string of the molecule is CC(=O)N1CCN(C(=O)CN2CCOc3ccccc32)CC1. The molecule has 1 aromatic rings. The monoisotopic (exact) mass is 303 g/mol. The molecule has 1 aromatic carbocycles. The first-order chi connectivity index (χ1) is 10.6. The fourth-order valence-corrected chi connectivity index (χ4v) is 2.92. The molecule has 1 fully saturated rings. The van der Waals surface area contributed by atoms with Gasteiger partial charge in [-0.1, -0.05) is 12.1 Å². The summed E-state index contributed by atoms with van der Waals surface area (Å²) in [5.41, 5.74) is 0.976. The second kappa shape index (κ2) is 6.25. The van der Waals surface area contributed by atoms with Crippen LogP contribution in [0.4, 0.5) is 5.69 Å². The predicted molar refractivity (Wildman–Crippen MR) is 83.0 cm³/mol. The van der Waals surface area contributed by atoms with Gasteiger partial charge in [-0.05, 0) is 12.1 Å². The average Bonchev–Trinajstić information content (AvgIpc) is 2.55. The van der Waals surface area contributed by atoms with Gasteiger partial charge < -0.3 is 19.4 Å². The molecule has 6 nitrogen and oxygen atoms in total. The number of hydrogen-bond acceptors (Lipinski definition) is 4. The fraction of sp³-hybridized carbons (Fsp3) is 0.500. The van der Waals surface area contributed by atoms with Crippen LogP contribution in [-0.2, 0) is 9.59 Å². The molecule has 2 aliphatic heterocycles. The number of anilines is 1. The molecule has 22 heavy (non-hydrogen) atoms. The van der Waals surface area contributed by atoms with E-state index in [1.54, 1.807) is 11.8 Å². The van der Waals surface area contributed by atoms with Crippen LogP contribution in [0.25, 0.3) is 0 Å². The maximum Gasteiger partial charge on any atom is 0.242 e. The van der Waals surface area contributed by atoms with Crippen LogP contribution in [0.5, 0.6) is 5.75 Å². The summed E-state index contributed by atoms with van der Waals surface area (Å²) in [4.78, 5) is 29.5. The molecule has 118 valence electrons. The lowest BCUT2D eigenvalue weighted by atomic mass is 10.2. The number of carbonyl (C=O) groups excluding carboxylic acids is 2. The summed E-state index contributed by atoms with van der Waals surface area (Å²) < 4.78 is 5.61. The summed E-state index contributed by atoms with van der Waals surface area (Å²) in [6, 6.07) is 7.80. The highest BCUT2D eigenvalue weighted by molar-refractivity contribution is 5.83. The van der Waals surface area contributed by atoms with Gasteiger partial charge in [-0.2, -0.15) is 0 Å². The Morgan fingerprint density at radius 1 is 1.05 bits per heavy atom. The van der Waals surface area contributed by atoms with Crippen LogP contribution in [-0.4, -0.2) is 67.5 Å². The van der Waals surface area contributed by atoms with E-state index in [0.717, 1.165) is 18.0 Å². The second-order valence-corrected chi connectivity index (χ2v) is 5.62.